The lowest BCUT2D eigenvalue weighted by atomic mass is 10.3. The van der Waals surface area contributed by atoms with Crippen LogP contribution in [0.5, 0.6) is 0 Å². The van der Waals surface area contributed by atoms with Gasteiger partial charge in [-0.1, -0.05) is 6.07 Å². The van der Waals surface area contributed by atoms with Crippen LogP contribution in [0.2, 0.25) is 0 Å². The van der Waals surface area contributed by atoms with E-state index in [4.69, 9.17) is 4.74 Å². The number of esters is 1. The molecule has 7 heteroatoms. The minimum atomic E-state index is -0.581. The summed E-state index contributed by atoms with van der Waals surface area (Å²) >= 11 is 4.78. The molecule has 1 amide bonds. The molecule has 2 rings (SSSR count). The highest BCUT2D eigenvalue weighted by atomic mass is 79.9. The normalized spacial score (nSPS) is 11.7. The van der Waals surface area contributed by atoms with Crippen molar-refractivity contribution in [1.29, 1.82) is 0 Å². The lowest BCUT2D eigenvalue weighted by Crippen LogP contribution is -2.30. The van der Waals surface area contributed by atoms with E-state index < -0.39 is 5.97 Å². The highest BCUT2D eigenvalue weighted by Crippen LogP contribution is 2.17. The molecule has 0 saturated carbocycles. The number of rotatable bonds is 5. The van der Waals surface area contributed by atoms with Crippen LogP contribution < -0.4 is 5.32 Å². The number of carbonyl (C=O) groups excluding carboxylic acids is 2. The van der Waals surface area contributed by atoms with Crippen LogP contribution in [0.4, 0.5) is 0 Å². The zero-order chi connectivity index (χ0) is 15.2. The first-order valence-corrected chi connectivity index (χ1v) is 7.84. The maximum absolute atomic E-state index is 11.8. The molecule has 1 N–H and O–H groups in total. The summed E-state index contributed by atoms with van der Waals surface area (Å²) in [6.45, 7) is 1.56. The van der Waals surface area contributed by atoms with E-state index in [2.05, 4.69) is 26.2 Å². The SMILES string of the molecule is CC(NC(=O)COC(=O)c1cncc(Br)c1)c1cccs1. The molecule has 0 aliphatic carbocycles. The second-order valence-electron chi connectivity index (χ2n) is 4.27. The predicted octanol–water partition coefficient (Wildman–Crippen LogP) is 2.94. The first-order valence-electron chi connectivity index (χ1n) is 6.16. The molecule has 2 aromatic heterocycles. The number of hydrogen-bond acceptors (Lipinski definition) is 5. The lowest BCUT2D eigenvalue weighted by molar-refractivity contribution is -0.124. The third-order valence-electron chi connectivity index (χ3n) is 2.62. The van der Waals surface area contributed by atoms with Gasteiger partial charge >= 0.3 is 5.97 Å². The van der Waals surface area contributed by atoms with Crippen molar-refractivity contribution in [3.05, 3.63) is 50.9 Å². The Labute approximate surface area is 134 Å². The minimum absolute atomic E-state index is 0.108. The standard InChI is InChI=1S/C14H13BrN2O3S/c1-9(12-3-2-4-21-12)17-13(18)8-20-14(19)10-5-11(15)7-16-6-10/h2-7,9H,8H2,1H3,(H,17,18). The molecule has 0 spiro atoms. The molecule has 21 heavy (non-hydrogen) atoms. The van der Waals surface area contributed by atoms with Crippen molar-refractivity contribution < 1.29 is 14.3 Å². The summed E-state index contributed by atoms with van der Waals surface area (Å²) in [5.41, 5.74) is 0.295. The third kappa shape index (κ3) is 4.64. The largest absolute Gasteiger partial charge is 0.452 e. The lowest BCUT2D eigenvalue weighted by Gasteiger charge is -2.12. The molecule has 2 heterocycles. The van der Waals surface area contributed by atoms with Gasteiger partial charge in [0.05, 0.1) is 11.6 Å². The molecular formula is C14H13BrN2O3S. The zero-order valence-corrected chi connectivity index (χ0v) is 13.6. The number of pyridine rings is 1. The number of nitrogens with zero attached hydrogens (tertiary/aromatic N) is 1. The summed E-state index contributed by atoms with van der Waals surface area (Å²) in [6.07, 6.45) is 2.95. The van der Waals surface area contributed by atoms with Gasteiger partial charge in [0.25, 0.3) is 5.91 Å². The molecule has 0 aromatic carbocycles. The molecule has 1 unspecified atom stereocenters. The first-order chi connectivity index (χ1) is 10.1. The quantitative estimate of drug-likeness (QED) is 0.823. The van der Waals surface area contributed by atoms with Crippen LogP contribution in [0.3, 0.4) is 0 Å². The molecule has 110 valence electrons. The molecule has 5 nitrogen and oxygen atoms in total. The number of nitrogens with one attached hydrogen (secondary N) is 1. The van der Waals surface area contributed by atoms with Gasteiger partial charge in [0.1, 0.15) is 0 Å². The molecular weight excluding hydrogens is 356 g/mol. The summed E-state index contributed by atoms with van der Waals surface area (Å²) in [5, 5.41) is 4.71. The number of halogens is 1. The molecule has 0 saturated heterocycles. The summed E-state index contributed by atoms with van der Waals surface area (Å²) in [4.78, 5) is 28.4. The number of thiophene rings is 1. The van der Waals surface area contributed by atoms with Gasteiger partial charge in [-0.15, -0.1) is 11.3 Å². The second kappa shape index (κ2) is 7.33. The van der Waals surface area contributed by atoms with Crippen molar-refractivity contribution in [3.8, 4) is 0 Å². The minimum Gasteiger partial charge on any atom is -0.452 e. The molecule has 0 fully saturated rings. The van der Waals surface area contributed by atoms with Crippen molar-refractivity contribution in [2.45, 2.75) is 13.0 Å². The van der Waals surface area contributed by atoms with Gasteiger partial charge in [-0.2, -0.15) is 0 Å². The van der Waals surface area contributed by atoms with Crippen molar-refractivity contribution in [1.82, 2.24) is 10.3 Å². The molecule has 1 atom stereocenters. The van der Waals surface area contributed by atoms with Crippen LogP contribution in [-0.2, 0) is 9.53 Å². The summed E-state index contributed by atoms with van der Waals surface area (Å²) in [6, 6.07) is 5.34. The molecule has 2 aromatic rings. The van der Waals surface area contributed by atoms with Crippen LogP contribution in [0.15, 0.2) is 40.4 Å². The van der Waals surface area contributed by atoms with Gasteiger partial charge in [-0.25, -0.2) is 4.79 Å². The number of carbonyl (C=O) groups is 2. The Hall–Kier alpha value is -1.73. The Morgan fingerprint density at radius 1 is 1.48 bits per heavy atom. The molecule has 0 aliphatic heterocycles. The Morgan fingerprint density at radius 2 is 2.29 bits per heavy atom. The van der Waals surface area contributed by atoms with Crippen molar-refractivity contribution in [2.24, 2.45) is 0 Å². The van der Waals surface area contributed by atoms with Crippen LogP contribution in [0.1, 0.15) is 28.2 Å². The Bertz CT molecular complexity index is 631. The summed E-state index contributed by atoms with van der Waals surface area (Å²) in [5.74, 6) is -0.921. The van der Waals surface area contributed by atoms with Crippen molar-refractivity contribution in [3.63, 3.8) is 0 Å². The van der Waals surface area contributed by atoms with Crippen molar-refractivity contribution >= 4 is 39.1 Å². The average Bonchev–Trinajstić information content (AvgIpc) is 2.99. The fourth-order valence-corrected chi connectivity index (χ4v) is 2.73. The number of hydrogen-bond donors (Lipinski definition) is 1. The zero-order valence-electron chi connectivity index (χ0n) is 11.2. The Kier molecular flexibility index (Phi) is 5.46. The Balaban J connectivity index is 1.82. The smallest absolute Gasteiger partial charge is 0.340 e. The number of ether oxygens (including phenoxy) is 1. The highest BCUT2D eigenvalue weighted by Gasteiger charge is 2.14. The molecule has 0 radical (unpaired) electrons. The van der Waals surface area contributed by atoms with E-state index in [1.54, 1.807) is 23.6 Å². The number of amides is 1. The van der Waals surface area contributed by atoms with E-state index in [1.165, 1.54) is 6.20 Å². The van der Waals surface area contributed by atoms with E-state index >= 15 is 0 Å². The van der Waals surface area contributed by atoms with E-state index in [0.717, 1.165) is 4.88 Å². The van der Waals surface area contributed by atoms with Crippen molar-refractivity contribution in [2.75, 3.05) is 6.61 Å². The topological polar surface area (TPSA) is 68.3 Å². The Morgan fingerprint density at radius 3 is 2.95 bits per heavy atom. The van der Waals surface area contributed by atoms with E-state index in [0.29, 0.717) is 10.0 Å². The monoisotopic (exact) mass is 368 g/mol. The molecule has 0 aliphatic rings. The predicted molar refractivity (Wildman–Crippen MR) is 83.1 cm³/mol. The van der Waals surface area contributed by atoms with Gasteiger partial charge in [0, 0.05) is 21.7 Å². The average molecular weight is 369 g/mol. The van der Waals surface area contributed by atoms with Gasteiger partial charge in [-0.05, 0) is 40.4 Å². The van der Waals surface area contributed by atoms with Crippen LogP contribution in [0.25, 0.3) is 0 Å². The fraction of sp³-hybridized carbons (Fsp3) is 0.214. The first kappa shape index (κ1) is 15.7. The number of aromatic nitrogens is 1. The maximum atomic E-state index is 11.8. The van der Waals surface area contributed by atoms with Crippen LogP contribution >= 0.6 is 27.3 Å². The highest BCUT2D eigenvalue weighted by molar-refractivity contribution is 9.10. The summed E-state index contributed by atoms with van der Waals surface area (Å²) < 4.78 is 5.63. The molecule has 0 bridgehead atoms. The second-order valence-corrected chi connectivity index (χ2v) is 6.17. The maximum Gasteiger partial charge on any atom is 0.340 e. The van der Waals surface area contributed by atoms with Crippen LogP contribution in [-0.4, -0.2) is 23.5 Å². The van der Waals surface area contributed by atoms with Gasteiger partial charge in [0.15, 0.2) is 6.61 Å². The van der Waals surface area contributed by atoms with Gasteiger partial charge in [0.2, 0.25) is 0 Å². The van der Waals surface area contributed by atoms with Crippen LogP contribution in [0, 0.1) is 0 Å². The van der Waals surface area contributed by atoms with E-state index in [9.17, 15) is 9.59 Å². The van der Waals surface area contributed by atoms with E-state index in [1.807, 2.05) is 24.4 Å². The fourth-order valence-electron chi connectivity index (χ4n) is 1.63. The van der Waals surface area contributed by atoms with Gasteiger partial charge in [-0.3, -0.25) is 9.78 Å². The summed E-state index contributed by atoms with van der Waals surface area (Å²) in [7, 11) is 0. The van der Waals surface area contributed by atoms with E-state index in [-0.39, 0.29) is 18.6 Å². The third-order valence-corrected chi connectivity index (χ3v) is 4.11. The van der Waals surface area contributed by atoms with Gasteiger partial charge < -0.3 is 10.1 Å².